The van der Waals surface area contributed by atoms with Crippen LogP contribution in [0.25, 0.3) is 17.0 Å². The Kier molecular flexibility index (Phi) is 6.23. The van der Waals surface area contributed by atoms with Gasteiger partial charge in [-0.25, -0.2) is 4.79 Å². The zero-order chi connectivity index (χ0) is 24.3. The van der Waals surface area contributed by atoms with Gasteiger partial charge in [-0.3, -0.25) is 4.79 Å². The molecule has 0 saturated carbocycles. The van der Waals surface area contributed by atoms with Gasteiger partial charge in [-0.1, -0.05) is 42.5 Å². The first-order valence-corrected chi connectivity index (χ1v) is 10.1. The lowest BCUT2D eigenvalue weighted by molar-refractivity contribution is -0.154. The van der Waals surface area contributed by atoms with Crippen LogP contribution in [0.1, 0.15) is 16.9 Å². The largest absolute Gasteiger partial charge is 0.453 e. The lowest BCUT2D eigenvalue weighted by Crippen LogP contribution is -2.15. The van der Waals surface area contributed by atoms with Crippen LogP contribution in [-0.2, 0) is 11.0 Å². The molecular formula is C26H17F3O5. The number of carbonyl (C=O) groups is 1. The third kappa shape index (κ3) is 5.17. The molecule has 0 unspecified atom stereocenters. The van der Waals surface area contributed by atoms with E-state index in [0.29, 0.717) is 0 Å². The fourth-order valence-electron chi connectivity index (χ4n) is 3.17. The van der Waals surface area contributed by atoms with E-state index in [1.54, 1.807) is 43.3 Å². The van der Waals surface area contributed by atoms with Gasteiger partial charge in [-0.15, -0.1) is 0 Å². The Morgan fingerprint density at radius 3 is 2.41 bits per heavy atom. The lowest BCUT2D eigenvalue weighted by atomic mass is 10.2. The molecule has 1 aromatic heterocycles. The summed E-state index contributed by atoms with van der Waals surface area (Å²) < 4.78 is 56.6. The number of fused-ring (bicyclic) bond motifs is 1. The predicted octanol–water partition coefficient (Wildman–Crippen LogP) is 6.53. The first kappa shape index (κ1) is 22.8. The smallest absolute Gasteiger partial charge is 0.449 e. The molecule has 0 amide bonds. The first-order valence-electron chi connectivity index (χ1n) is 10.1. The van der Waals surface area contributed by atoms with Crippen LogP contribution >= 0.6 is 0 Å². The lowest BCUT2D eigenvalue weighted by Gasteiger charge is -2.13. The second-order valence-corrected chi connectivity index (χ2v) is 7.33. The maximum atomic E-state index is 13.7. The molecule has 0 aliphatic carbocycles. The van der Waals surface area contributed by atoms with Crippen molar-refractivity contribution < 1.29 is 31.9 Å². The van der Waals surface area contributed by atoms with E-state index in [1.807, 2.05) is 6.07 Å². The molecule has 0 N–H and O–H groups in total. The molecule has 0 radical (unpaired) electrons. The molecule has 0 aliphatic rings. The van der Waals surface area contributed by atoms with E-state index < -0.39 is 34.7 Å². The summed E-state index contributed by atoms with van der Waals surface area (Å²) in [4.78, 5) is 25.0. The van der Waals surface area contributed by atoms with Gasteiger partial charge in [-0.2, -0.15) is 13.2 Å². The van der Waals surface area contributed by atoms with Gasteiger partial charge in [0.15, 0.2) is 0 Å². The molecule has 0 fully saturated rings. The average Bonchev–Trinajstić information content (AvgIpc) is 2.79. The van der Waals surface area contributed by atoms with Crippen LogP contribution in [0.3, 0.4) is 0 Å². The molecule has 34 heavy (non-hydrogen) atoms. The standard InChI is InChI=1S/C26H17F3O5/c1-16-6-5-9-18(14-16)33-24-23(31)20-12-11-19(15-21(20)34-25(24)26(27,28)29)32-22(30)13-10-17-7-3-2-4-8-17/h2-15H,1H3/b13-10+. The zero-order valence-electron chi connectivity index (χ0n) is 17.8. The van der Waals surface area contributed by atoms with Gasteiger partial charge in [0.25, 0.3) is 5.76 Å². The number of hydrogen-bond acceptors (Lipinski definition) is 5. The Morgan fingerprint density at radius 1 is 0.941 bits per heavy atom. The SMILES string of the molecule is Cc1cccc(Oc2c(C(F)(F)F)oc3cc(OC(=O)/C=C/c4ccccc4)ccc3c2=O)c1. The third-order valence-electron chi connectivity index (χ3n) is 4.72. The summed E-state index contributed by atoms with van der Waals surface area (Å²) in [6.45, 7) is 1.73. The van der Waals surface area contributed by atoms with Gasteiger partial charge in [-0.05, 0) is 48.4 Å². The predicted molar refractivity (Wildman–Crippen MR) is 120 cm³/mol. The van der Waals surface area contributed by atoms with Crippen LogP contribution in [0.2, 0.25) is 0 Å². The van der Waals surface area contributed by atoms with Crippen molar-refractivity contribution in [2.24, 2.45) is 0 Å². The normalized spacial score (nSPS) is 11.6. The van der Waals surface area contributed by atoms with E-state index in [-0.39, 0.29) is 16.9 Å². The van der Waals surface area contributed by atoms with Gasteiger partial charge < -0.3 is 13.9 Å². The number of alkyl halides is 3. The summed E-state index contributed by atoms with van der Waals surface area (Å²) >= 11 is 0. The van der Waals surface area contributed by atoms with Crippen molar-refractivity contribution in [3.8, 4) is 17.2 Å². The molecule has 4 rings (SSSR count). The molecular weight excluding hydrogens is 449 g/mol. The minimum absolute atomic E-state index is 0.0629. The third-order valence-corrected chi connectivity index (χ3v) is 4.72. The Morgan fingerprint density at radius 2 is 1.71 bits per heavy atom. The fourth-order valence-corrected chi connectivity index (χ4v) is 3.17. The molecule has 0 atom stereocenters. The number of aryl methyl sites for hydroxylation is 1. The summed E-state index contributed by atoms with van der Waals surface area (Å²) in [7, 11) is 0. The van der Waals surface area contributed by atoms with Crippen molar-refractivity contribution in [2.75, 3.05) is 0 Å². The fraction of sp³-hybridized carbons (Fsp3) is 0.0769. The Balaban J connectivity index is 1.68. The van der Waals surface area contributed by atoms with Crippen molar-refractivity contribution in [1.29, 1.82) is 0 Å². The van der Waals surface area contributed by atoms with Crippen LogP contribution in [0.4, 0.5) is 13.2 Å². The minimum Gasteiger partial charge on any atom is -0.449 e. The molecule has 0 bridgehead atoms. The molecule has 8 heteroatoms. The highest BCUT2D eigenvalue weighted by Crippen LogP contribution is 2.38. The van der Waals surface area contributed by atoms with E-state index in [9.17, 15) is 22.8 Å². The van der Waals surface area contributed by atoms with E-state index in [1.165, 1.54) is 36.4 Å². The van der Waals surface area contributed by atoms with Crippen molar-refractivity contribution in [3.05, 3.63) is 106 Å². The number of esters is 1. The molecule has 1 heterocycles. The summed E-state index contributed by atoms with van der Waals surface area (Å²) in [6.07, 6.45) is -2.30. The quantitative estimate of drug-likeness (QED) is 0.190. The molecule has 172 valence electrons. The number of benzene rings is 3. The van der Waals surface area contributed by atoms with Gasteiger partial charge in [0.1, 0.15) is 17.1 Å². The van der Waals surface area contributed by atoms with Crippen LogP contribution < -0.4 is 14.9 Å². The highest BCUT2D eigenvalue weighted by atomic mass is 19.4. The van der Waals surface area contributed by atoms with E-state index >= 15 is 0 Å². The van der Waals surface area contributed by atoms with Crippen LogP contribution in [0, 0.1) is 6.92 Å². The van der Waals surface area contributed by atoms with Crippen molar-refractivity contribution in [3.63, 3.8) is 0 Å². The maximum absolute atomic E-state index is 13.7. The van der Waals surface area contributed by atoms with Gasteiger partial charge in [0, 0.05) is 12.1 Å². The number of carbonyl (C=O) groups excluding carboxylic acids is 1. The molecule has 5 nitrogen and oxygen atoms in total. The zero-order valence-corrected chi connectivity index (χ0v) is 17.8. The summed E-state index contributed by atoms with van der Waals surface area (Å²) in [5, 5.41) is -0.157. The molecule has 4 aromatic rings. The molecule has 0 spiro atoms. The summed E-state index contributed by atoms with van der Waals surface area (Å²) in [5.74, 6) is -3.33. The Hall–Kier alpha value is -4.33. The van der Waals surface area contributed by atoms with Crippen molar-refractivity contribution in [1.82, 2.24) is 0 Å². The van der Waals surface area contributed by atoms with Gasteiger partial charge in [0.05, 0.1) is 5.39 Å². The van der Waals surface area contributed by atoms with E-state index in [4.69, 9.17) is 13.9 Å². The number of hydrogen-bond donors (Lipinski definition) is 0. The number of ether oxygens (including phenoxy) is 2. The second kappa shape index (κ2) is 9.27. The number of rotatable bonds is 5. The summed E-state index contributed by atoms with van der Waals surface area (Å²) in [5.41, 5.74) is 0.104. The highest BCUT2D eigenvalue weighted by Gasteiger charge is 2.40. The Bertz CT molecular complexity index is 1440. The minimum atomic E-state index is -5.00. The van der Waals surface area contributed by atoms with Crippen molar-refractivity contribution in [2.45, 2.75) is 13.1 Å². The van der Waals surface area contributed by atoms with E-state index in [2.05, 4.69) is 0 Å². The molecule has 0 aliphatic heterocycles. The number of halogens is 3. The van der Waals surface area contributed by atoms with Crippen molar-refractivity contribution >= 4 is 23.0 Å². The summed E-state index contributed by atoms with van der Waals surface area (Å²) in [6, 6.07) is 18.8. The molecule has 3 aromatic carbocycles. The van der Waals surface area contributed by atoms with Crippen LogP contribution in [0.15, 0.2) is 88.1 Å². The maximum Gasteiger partial charge on any atom is 0.453 e. The first-order chi connectivity index (χ1) is 16.2. The van der Waals surface area contributed by atoms with E-state index in [0.717, 1.165) is 17.2 Å². The van der Waals surface area contributed by atoms with Crippen LogP contribution in [-0.4, -0.2) is 5.97 Å². The Labute approximate surface area is 191 Å². The monoisotopic (exact) mass is 466 g/mol. The van der Waals surface area contributed by atoms with Crippen LogP contribution in [0.5, 0.6) is 17.2 Å². The highest BCUT2D eigenvalue weighted by molar-refractivity contribution is 5.89. The average molecular weight is 466 g/mol. The molecule has 0 saturated heterocycles. The van der Waals surface area contributed by atoms with Gasteiger partial charge in [0.2, 0.25) is 11.2 Å². The second-order valence-electron chi connectivity index (χ2n) is 7.33. The van der Waals surface area contributed by atoms with Gasteiger partial charge >= 0.3 is 12.1 Å². The topological polar surface area (TPSA) is 65.7 Å².